The van der Waals surface area contributed by atoms with Crippen LogP contribution in [-0.4, -0.2) is 22.0 Å². The third kappa shape index (κ3) is 4.44. The molecule has 1 N–H and O–H groups in total. The Balaban J connectivity index is 1.34. The summed E-state index contributed by atoms with van der Waals surface area (Å²) in [5.41, 5.74) is 6.36. The Morgan fingerprint density at radius 3 is 2.59 bits per heavy atom. The zero-order chi connectivity index (χ0) is 23.5. The number of amides is 1. The Bertz CT molecular complexity index is 1480. The van der Waals surface area contributed by atoms with Crippen molar-refractivity contribution in [2.24, 2.45) is 0 Å². The smallest absolute Gasteiger partial charge is 0.251 e. The van der Waals surface area contributed by atoms with Crippen LogP contribution in [0, 0.1) is 13.8 Å². The van der Waals surface area contributed by atoms with Crippen LogP contribution in [0.1, 0.15) is 39.3 Å². The van der Waals surface area contributed by atoms with Crippen molar-refractivity contribution in [3.05, 3.63) is 113 Å². The number of aryl methyl sites for hydroxylation is 3. The lowest BCUT2D eigenvalue weighted by molar-refractivity contribution is 0.0952. The Kier molecular flexibility index (Phi) is 6.13. The predicted octanol–water partition coefficient (Wildman–Crippen LogP) is 6.22. The van der Waals surface area contributed by atoms with Crippen LogP contribution >= 0.6 is 0 Å². The number of nitrogens with zero attached hydrogens (tertiary/aromatic N) is 2. The number of rotatable bonds is 7. The van der Waals surface area contributed by atoms with Gasteiger partial charge in [-0.05, 0) is 60.4 Å². The summed E-state index contributed by atoms with van der Waals surface area (Å²) in [6, 6.07) is 29.2. The third-order valence-corrected chi connectivity index (χ3v) is 6.43. The molecule has 0 unspecified atom stereocenters. The molecule has 0 aliphatic rings. The highest BCUT2D eigenvalue weighted by molar-refractivity contribution is 5.95. The normalized spacial score (nSPS) is 11.2. The van der Waals surface area contributed by atoms with Crippen molar-refractivity contribution in [2.75, 3.05) is 6.54 Å². The van der Waals surface area contributed by atoms with Crippen LogP contribution in [-0.2, 0) is 13.0 Å². The lowest BCUT2D eigenvalue weighted by Crippen LogP contribution is -2.25. The van der Waals surface area contributed by atoms with E-state index < -0.39 is 0 Å². The van der Waals surface area contributed by atoms with Gasteiger partial charge in [0.2, 0.25) is 0 Å². The fraction of sp³-hybridized carbons (Fsp3) is 0.200. The minimum Gasteiger partial charge on any atom is -0.352 e. The molecule has 1 heterocycles. The van der Waals surface area contributed by atoms with E-state index in [0.29, 0.717) is 6.54 Å². The number of benzene rings is 4. The maximum Gasteiger partial charge on any atom is 0.251 e. The van der Waals surface area contributed by atoms with Crippen LogP contribution in [0.3, 0.4) is 0 Å². The van der Waals surface area contributed by atoms with E-state index in [4.69, 9.17) is 4.98 Å². The third-order valence-electron chi connectivity index (χ3n) is 6.43. The summed E-state index contributed by atoms with van der Waals surface area (Å²) < 4.78 is 2.32. The van der Waals surface area contributed by atoms with Gasteiger partial charge in [0.1, 0.15) is 5.82 Å². The van der Waals surface area contributed by atoms with Crippen molar-refractivity contribution in [3.8, 4) is 0 Å². The van der Waals surface area contributed by atoms with Crippen molar-refractivity contribution < 1.29 is 4.79 Å². The lowest BCUT2D eigenvalue weighted by Gasteiger charge is -2.12. The number of nitrogens with one attached hydrogen (secondary N) is 1. The average Bonchev–Trinajstić information content (AvgIpc) is 3.19. The number of hydrogen-bond donors (Lipinski definition) is 1. The number of hydrogen-bond acceptors (Lipinski definition) is 2. The monoisotopic (exact) mass is 447 g/mol. The van der Waals surface area contributed by atoms with Gasteiger partial charge in [-0.1, -0.05) is 72.3 Å². The number of carbonyl (C=O) groups excluding carboxylic acids is 1. The molecule has 170 valence electrons. The van der Waals surface area contributed by atoms with E-state index in [2.05, 4.69) is 70.5 Å². The molecule has 0 saturated heterocycles. The molecule has 4 aromatic carbocycles. The van der Waals surface area contributed by atoms with Crippen molar-refractivity contribution in [1.82, 2.24) is 14.9 Å². The van der Waals surface area contributed by atoms with Gasteiger partial charge in [0.05, 0.1) is 11.0 Å². The topological polar surface area (TPSA) is 46.9 Å². The first-order valence-electron chi connectivity index (χ1n) is 11.9. The van der Waals surface area contributed by atoms with E-state index in [1.807, 2.05) is 38.1 Å². The summed E-state index contributed by atoms with van der Waals surface area (Å²) in [5, 5.41) is 5.60. The molecular formula is C30H29N3O. The number of para-hydroxylation sites is 2. The van der Waals surface area contributed by atoms with Gasteiger partial charge in [0.25, 0.3) is 5.91 Å². The highest BCUT2D eigenvalue weighted by Crippen LogP contribution is 2.23. The molecule has 5 rings (SSSR count). The first kappa shape index (κ1) is 21.9. The van der Waals surface area contributed by atoms with E-state index >= 15 is 0 Å². The molecule has 4 heteroatoms. The first-order chi connectivity index (χ1) is 16.6. The Labute approximate surface area is 200 Å². The first-order valence-corrected chi connectivity index (χ1v) is 11.9. The molecule has 0 bridgehead atoms. The molecule has 0 aliphatic heterocycles. The summed E-state index contributed by atoms with van der Waals surface area (Å²) in [4.78, 5) is 17.6. The maximum absolute atomic E-state index is 12.6. The minimum atomic E-state index is -0.0123. The zero-order valence-corrected chi connectivity index (χ0v) is 19.7. The number of imidazole rings is 1. The summed E-state index contributed by atoms with van der Waals surface area (Å²) in [5.74, 6) is 1.04. The predicted molar refractivity (Wildman–Crippen MR) is 139 cm³/mol. The molecule has 0 saturated carbocycles. The van der Waals surface area contributed by atoms with Gasteiger partial charge in [-0.2, -0.15) is 0 Å². The van der Waals surface area contributed by atoms with Gasteiger partial charge < -0.3 is 9.88 Å². The summed E-state index contributed by atoms with van der Waals surface area (Å²) >= 11 is 0. The molecule has 0 aliphatic carbocycles. The molecule has 0 radical (unpaired) electrons. The standard InChI is InChI=1S/C30H29N3O/c1-21-16-17-25(22(2)19-21)30(34)31-18-8-15-29-32-27-13-5-6-14-28(27)33(29)20-24-11-7-10-23-9-3-4-12-26(23)24/h3-7,9-14,16-17,19H,8,15,18,20H2,1-2H3,(H,31,34). The van der Waals surface area contributed by atoms with Crippen LogP contribution in [0.2, 0.25) is 0 Å². The van der Waals surface area contributed by atoms with Crippen molar-refractivity contribution in [2.45, 2.75) is 33.2 Å². The van der Waals surface area contributed by atoms with E-state index in [9.17, 15) is 4.79 Å². The SMILES string of the molecule is Cc1ccc(C(=O)NCCCc2nc3ccccc3n2Cc2cccc3ccccc23)c(C)c1. The second kappa shape index (κ2) is 9.52. The van der Waals surface area contributed by atoms with Gasteiger partial charge >= 0.3 is 0 Å². The molecule has 0 atom stereocenters. The second-order valence-electron chi connectivity index (χ2n) is 8.92. The van der Waals surface area contributed by atoms with Crippen molar-refractivity contribution in [3.63, 3.8) is 0 Å². The molecule has 34 heavy (non-hydrogen) atoms. The summed E-state index contributed by atoms with van der Waals surface area (Å²) in [7, 11) is 0. The van der Waals surface area contributed by atoms with E-state index in [0.717, 1.165) is 47.4 Å². The molecule has 0 fully saturated rings. The fourth-order valence-corrected chi connectivity index (χ4v) is 4.71. The minimum absolute atomic E-state index is 0.0123. The summed E-state index contributed by atoms with van der Waals surface area (Å²) in [6.45, 7) is 5.41. The second-order valence-corrected chi connectivity index (χ2v) is 8.92. The number of fused-ring (bicyclic) bond motifs is 2. The molecule has 1 aromatic heterocycles. The van der Waals surface area contributed by atoms with Gasteiger partial charge in [-0.3, -0.25) is 4.79 Å². The average molecular weight is 448 g/mol. The van der Waals surface area contributed by atoms with E-state index in [1.165, 1.54) is 21.9 Å². The Morgan fingerprint density at radius 1 is 0.912 bits per heavy atom. The maximum atomic E-state index is 12.6. The van der Waals surface area contributed by atoms with Crippen LogP contribution in [0.4, 0.5) is 0 Å². The molecule has 0 spiro atoms. The van der Waals surface area contributed by atoms with E-state index in [1.54, 1.807) is 0 Å². The van der Waals surface area contributed by atoms with Crippen LogP contribution < -0.4 is 5.32 Å². The zero-order valence-electron chi connectivity index (χ0n) is 19.7. The number of carbonyl (C=O) groups is 1. The van der Waals surface area contributed by atoms with Crippen molar-refractivity contribution >= 4 is 27.7 Å². The quantitative estimate of drug-likeness (QED) is 0.301. The highest BCUT2D eigenvalue weighted by atomic mass is 16.1. The molecule has 4 nitrogen and oxygen atoms in total. The highest BCUT2D eigenvalue weighted by Gasteiger charge is 2.13. The summed E-state index contributed by atoms with van der Waals surface area (Å²) in [6.07, 6.45) is 1.63. The number of aromatic nitrogens is 2. The van der Waals surface area contributed by atoms with E-state index in [-0.39, 0.29) is 5.91 Å². The van der Waals surface area contributed by atoms with Gasteiger partial charge in [-0.25, -0.2) is 4.98 Å². The van der Waals surface area contributed by atoms with Gasteiger partial charge in [0, 0.05) is 25.1 Å². The van der Waals surface area contributed by atoms with Crippen molar-refractivity contribution in [1.29, 1.82) is 0 Å². The molecular weight excluding hydrogens is 418 g/mol. The fourth-order valence-electron chi connectivity index (χ4n) is 4.71. The molecule has 1 amide bonds. The molecule has 5 aromatic rings. The lowest BCUT2D eigenvalue weighted by atomic mass is 10.0. The van der Waals surface area contributed by atoms with Gasteiger partial charge in [-0.15, -0.1) is 0 Å². The van der Waals surface area contributed by atoms with Gasteiger partial charge in [0.15, 0.2) is 0 Å². The van der Waals surface area contributed by atoms with Crippen LogP contribution in [0.25, 0.3) is 21.8 Å². The van der Waals surface area contributed by atoms with Crippen LogP contribution in [0.15, 0.2) is 84.9 Å². The van der Waals surface area contributed by atoms with Crippen LogP contribution in [0.5, 0.6) is 0 Å². The largest absolute Gasteiger partial charge is 0.352 e. The Hall–Kier alpha value is -3.92. The Morgan fingerprint density at radius 2 is 1.71 bits per heavy atom.